The summed E-state index contributed by atoms with van der Waals surface area (Å²) in [6.45, 7) is 0. The minimum absolute atomic E-state index is 0.0223. The molecule has 0 radical (unpaired) electrons. The average Bonchev–Trinajstić information content (AvgIpc) is 3.17. The van der Waals surface area contributed by atoms with E-state index in [1.807, 2.05) is 35.0 Å². The highest BCUT2D eigenvalue weighted by Crippen LogP contribution is 2.28. The van der Waals surface area contributed by atoms with Crippen LogP contribution in [0.4, 0.5) is 5.13 Å². The van der Waals surface area contributed by atoms with E-state index in [9.17, 15) is 4.79 Å². The van der Waals surface area contributed by atoms with E-state index in [4.69, 9.17) is 0 Å². The van der Waals surface area contributed by atoms with Gasteiger partial charge in [-0.3, -0.25) is 9.78 Å². The Morgan fingerprint density at radius 3 is 2.95 bits per heavy atom. The smallest absolute Gasteiger partial charge is 0.226 e. The van der Waals surface area contributed by atoms with E-state index >= 15 is 0 Å². The van der Waals surface area contributed by atoms with Gasteiger partial charge >= 0.3 is 0 Å². The maximum absolute atomic E-state index is 11.9. The largest absolute Gasteiger partial charge is 0.302 e. The quantitative estimate of drug-likeness (QED) is 0.778. The molecule has 6 heteroatoms. The first kappa shape index (κ1) is 13.9. The van der Waals surface area contributed by atoms with Crippen LogP contribution in [0.15, 0.2) is 47.4 Å². The summed E-state index contributed by atoms with van der Waals surface area (Å²) in [5, 5.41) is 7.47. The number of rotatable bonds is 5. The zero-order valence-corrected chi connectivity index (χ0v) is 12.8. The maximum Gasteiger partial charge on any atom is 0.226 e. The zero-order chi connectivity index (χ0) is 14.5. The van der Waals surface area contributed by atoms with Gasteiger partial charge in [0.2, 0.25) is 5.91 Å². The third-order valence-electron chi connectivity index (χ3n) is 2.89. The van der Waals surface area contributed by atoms with Crippen LogP contribution in [0.3, 0.4) is 0 Å². The van der Waals surface area contributed by atoms with Crippen molar-refractivity contribution in [3.05, 3.63) is 53.0 Å². The molecule has 0 aliphatic heterocycles. The van der Waals surface area contributed by atoms with E-state index < -0.39 is 0 Å². The molecule has 0 unspecified atom stereocenters. The number of pyridine rings is 1. The van der Waals surface area contributed by atoms with Crippen molar-refractivity contribution in [2.24, 2.45) is 0 Å². The second kappa shape index (κ2) is 6.60. The second-order valence-corrected chi connectivity index (χ2v) is 6.23. The monoisotopic (exact) mass is 315 g/mol. The van der Waals surface area contributed by atoms with Gasteiger partial charge < -0.3 is 5.32 Å². The Kier molecular flexibility index (Phi) is 4.37. The van der Waals surface area contributed by atoms with Crippen LogP contribution in [-0.4, -0.2) is 15.9 Å². The van der Waals surface area contributed by atoms with Gasteiger partial charge in [-0.25, -0.2) is 4.98 Å². The van der Waals surface area contributed by atoms with Gasteiger partial charge in [-0.05, 0) is 29.5 Å². The number of amides is 1. The topological polar surface area (TPSA) is 54.9 Å². The molecule has 0 atom stereocenters. The molecular formula is C15H13N3OS2. The van der Waals surface area contributed by atoms with E-state index in [-0.39, 0.29) is 5.91 Å². The van der Waals surface area contributed by atoms with Crippen LogP contribution >= 0.6 is 22.7 Å². The third kappa shape index (κ3) is 3.74. The lowest BCUT2D eigenvalue weighted by Gasteiger charge is -2.01. The van der Waals surface area contributed by atoms with E-state index in [2.05, 4.69) is 15.3 Å². The molecule has 106 valence electrons. The number of anilines is 1. The Hall–Kier alpha value is -2.05. The van der Waals surface area contributed by atoms with Crippen molar-refractivity contribution in [3.63, 3.8) is 0 Å². The molecule has 3 aromatic rings. The molecule has 3 heterocycles. The van der Waals surface area contributed by atoms with E-state index in [0.29, 0.717) is 18.0 Å². The van der Waals surface area contributed by atoms with Gasteiger partial charge in [0.05, 0.1) is 10.6 Å². The van der Waals surface area contributed by atoms with Crippen LogP contribution in [0.25, 0.3) is 10.6 Å². The van der Waals surface area contributed by atoms with Crippen LogP contribution < -0.4 is 5.32 Å². The minimum Gasteiger partial charge on any atom is -0.302 e. The second-order valence-electron chi connectivity index (χ2n) is 4.42. The number of carbonyl (C=O) groups is 1. The maximum atomic E-state index is 11.9. The molecule has 0 bridgehead atoms. The van der Waals surface area contributed by atoms with Crippen LogP contribution in [0.1, 0.15) is 12.0 Å². The molecule has 0 spiro atoms. The van der Waals surface area contributed by atoms with Crippen LogP contribution in [0, 0.1) is 0 Å². The molecule has 21 heavy (non-hydrogen) atoms. The first-order valence-electron chi connectivity index (χ1n) is 6.49. The summed E-state index contributed by atoms with van der Waals surface area (Å²) in [5.41, 5.74) is 1.98. The summed E-state index contributed by atoms with van der Waals surface area (Å²) in [6.07, 6.45) is 4.62. The van der Waals surface area contributed by atoms with Gasteiger partial charge in [0.1, 0.15) is 0 Å². The number of thiazole rings is 1. The predicted molar refractivity (Wildman–Crippen MR) is 86.6 cm³/mol. The van der Waals surface area contributed by atoms with Crippen molar-refractivity contribution in [2.75, 3.05) is 5.32 Å². The molecule has 0 aliphatic carbocycles. The molecule has 0 saturated heterocycles. The fourth-order valence-electron chi connectivity index (χ4n) is 1.85. The highest BCUT2D eigenvalue weighted by molar-refractivity contribution is 7.16. The lowest BCUT2D eigenvalue weighted by atomic mass is 10.1. The number of hydrogen-bond donors (Lipinski definition) is 1. The van der Waals surface area contributed by atoms with Crippen molar-refractivity contribution in [1.82, 2.24) is 9.97 Å². The Labute approximate surface area is 130 Å². The molecule has 3 rings (SSSR count). The fourth-order valence-corrected chi connectivity index (χ4v) is 3.34. The normalized spacial score (nSPS) is 10.5. The summed E-state index contributed by atoms with van der Waals surface area (Å²) in [7, 11) is 0. The SMILES string of the molecule is O=C(CCc1cccnc1)Nc1nc(-c2cccs2)cs1. The third-order valence-corrected chi connectivity index (χ3v) is 4.54. The Balaban J connectivity index is 1.55. The molecule has 0 aromatic carbocycles. The van der Waals surface area contributed by atoms with Crippen molar-refractivity contribution in [1.29, 1.82) is 0 Å². The van der Waals surface area contributed by atoms with Crippen LogP contribution in [-0.2, 0) is 11.2 Å². The van der Waals surface area contributed by atoms with E-state index in [0.717, 1.165) is 16.1 Å². The molecule has 4 nitrogen and oxygen atoms in total. The molecule has 3 aromatic heterocycles. The average molecular weight is 315 g/mol. The van der Waals surface area contributed by atoms with Gasteiger partial charge in [0.15, 0.2) is 5.13 Å². The fraction of sp³-hybridized carbons (Fsp3) is 0.133. The van der Waals surface area contributed by atoms with Gasteiger partial charge in [-0.1, -0.05) is 12.1 Å². The number of hydrogen-bond acceptors (Lipinski definition) is 5. The number of nitrogens with zero attached hydrogens (tertiary/aromatic N) is 2. The number of aryl methyl sites for hydroxylation is 1. The van der Waals surface area contributed by atoms with E-state index in [1.165, 1.54) is 11.3 Å². The minimum atomic E-state index is -0.0223. The molecule has 1 N–H and O–H groups in total. The Morgan fingerprint density at radius 2 is 2.19 bits per heavy atom. The van der Waals surface area contributed by atoms with Crippen LogP contribution in [0.2, 0.25) is 0 Å². The van der Waals surface area contributed by atoms with Gasteiger partial charge in [-0.2, -0.15) is 0 Å². The lowest BCUT2D eigenvalue weighted by molar-refractivity contribution is -0.116. The van der Waals surface area contributed by atoms with Crippen molar-refractivity contribution in [3.8, 4) is 10.6 Å². The summed E-state index contributed by atoms with van der Waals surface area (Å²) >= 11 is 3.09. The Bertz CT molecular complexity index is 708. The molecule has 0 aliphatic rings. The zero-order valence-electron chi connectivity index (χ0n) is 11.2. The summed E-state index contributed by atoms with van der Waals surface area (Å²) in [4.78, 5) is 21.5. The van der Waals surface area contributed by atoms with Crippen molar-refractivity contribution < 1.29 is 4.79 Å². The molecule has 0 fully saturated rings. The van der Waals surface area contributed by atoms with Gasteiger partial charge in [-0.15, -0.1) is 22.7 Å². The predicted octanol–water partition coefficient (Wildman–Crippen LogP) is 3.84. The highest BCUT2D eigenvalue weighted by Gasteiger charge is 2.08. The molecular weight excluding hydrogens is 302 g/mol. The number of thiophene rings is 1. The number of nitrogens with one attached hydrogen (secondary N) is 1. The molecule has 1 amide bonds. The van der Waals surface area contributed by atoms with E-state index in [1.54, 1.807) is 23.7 Å². The molecule has 0 saturated carbocycles. The van der Waals surface area contributed by atoms with Crippen molar-refractivity contribution >= 4 is 33.7 Å². The van der Waals surface area contributed by atoms with Crippen LogP contribution in [0.5, 0.6) is 0 Å². The van der Waals surface area contributed by atoms with Crippen molar-refractivity contribution in [2.45, 2.75) is 12.8 Å². The first-order chi connectivity index (χ1) is 10.3. The summed E-state index contributed by atoms with van der Waals surface area (Å²) < 4.78 is 0. The standard InChI is InChI=1S/C15H13N3OS2/c19-14(6-5-11-3-1-7-16-9-11)18-15-17-12(10-21-15)13-4-2-8-20-13/h1-4,7-10H,5-6H2,(H,17,18,19). The first-order valence-corrected chi connectivity index (χ1v) is 8.25. The summed E-state index contributed by atoms with van der Waals surface area (Å²) in [5.74, 6) is -0.0223. The Morgan fingerprint density at radius 1 is 1.24 bits per heavy atom. The number of carbonyl (C=O) groups excluding carboxylic acids is 1. The highest BCUT2D eigenvalue weighted by atomic mass is 32.1. The van der Waals surface area contributed by atoms with Gasteiger partial charge in [0.25, 0.3) is 0 Å². The number of aromatic nitrogens is 2. The van der Waals surface area contributed by atoms with Gasteiger partial charge in [0, 0.05) is 24.2 Å². The summed E-state index contributed by atoms with van der Waals surface area (Å²) in [6, 6.07) is 7.86. The lowest BCUT2D eigenvalue weighted by Crippen LogP contribution is -2.12.